The van der Waals surface area contributed by atoms with Gasteiger partial charge in [0.25, 0.3) is 0 Å². The van der Waals surface area contributed by atoms with Gasteiger partial charge in [0.1, 0.15) is 5.60 Å². The summed E-state index contributed by atoms with van der Waals surface area (Å²) in [6.07, 6.45) is 1.70. The van der Waals surface area contributed by atoms with Crippen molar-refractivity contribution in [2.24, 2.45) is 5.73 Å². The summed E-state index contributed by atoms with van der Waals surface area (Å²) < 4.78 is 11.0. The maximum atomic E-state index is 11.8. The molecular formula is C13H26N2O3. The Morgan fingerprint density at radius 1 is 1.39 bits per heavy atom. The maximum absolute atomic E-state index is 11.8. The first-order valence-electron chi connectivity index (χ1n) is 6.63. The third-order valence-corrected chi connectivity index (χ3v) is 2.69. The van der Waals surface area contributed by atoms with Crippen molar-refractivity contribution < 1.29 is 14.3 Å². The number of ether oxygens (including phenoxy) is 2. The van der Waals surface area contributed by atoms with Crippen LogP contribution in [-0.4, -0.2) is 48.4 Å². The standard InChI is InChI=1S/C13H26N2O3/c1-10(14)9-17-11-5-7-15(8-6-11)12(16)18-13(2,3)4/h10-11H,5-9,14H2,1-4H3. The molecular weight excluding hydrogens is 232 g/mol. The molecule has 1 atom stereocenters. The van der Waals surface area contributed by atoms with Gasteiger partial charge in [-0.05, 0) is 40.5 Å². The van der Waals surface area contributed by atoms with Crippen LogP contribution in [-0.2, 0) is 9.47 Å². The number of amides is 1. The van der Waals surface area contributed by atoms with E-state index in [0.717, 1.165) is 12.8 Å². The van der Waals surface area contributed by atoms with Gasteiger partial charge in [-0.1, -0.05) is 0 Å². The van der Waals surface area contributed by atoms with Crippen LogP contribution in [0.2, 0.25) is 0 Å². The Hall–Kier alpha value is -0.810. The van der Waals surface area contributed by atoms with Crippen molar-refractivity contribution in [1.29, 1.82) is 0 Å². The van der Waals surface area contributed by atoms with E-state index >= 15 is 0 Å². The Bertz CT molecular complexity index is 266. The van der Waals surface area contributed by atoms with Crippen molar-refractivity contribution >= 4 is 6.09 Å². The number of likely N-dealkylation sites (tertiary alicyclic amines) is 1. The number of piperidine rings is 1. The highest BCUT2D eigenvalue weighted by Gasteiger charge is 2.27. The van der Waals surface area contributed by atoms with Crippen molar-refractivity contribution in [2.45, 2.75) is 58.3 Å². The van der Waals surface area contributed by atoms with Gasteiger partial charge in [-0.25, -0.2) is 4.79 Å². The average molecular weight is 258 g/mol. The highest BCUT2D eigenvalue weighted by Crippen LogP contribution is 2.17. The zero-order chi connectivity index (χ0) is 13.8. The van der Waals surface area contributed by atoms with Crippen LogP contribution in [0.1, 0.15) is 40.5 Å². The molecule has 106 valence electrons. The smallest absolute Gasteiger partial charge is 0.410 e. The van der Waals surface area contributed by atoms with Crippen LogP contribution in [0.15, 0.2) is 0 Å². The molecule has 18 heavy (non-hydrogen) atoms. The molecule has 0 bridgehead atoms. The largest absolute Gasteiger partial charge is 0.444 e. The van der Waals surface area contributed by atoms with Gasteiger partial charge in [0.05, 0.1) is 12.7 Å². The van der Waals surface area contributed by atoms with E-state index in [4.69, 9.17) is 15.2 Å². The second-order valence-corrected chi connectivity index (χ2v) is 5.98. The lowest BCUT2D eigenvalue weighted by atomic mass is 10.1. The number of carbonyl (C=O) groups is 1. The molecule has 1 aliphatic heterocycles. The molecule has 5 nitrogen and oxygen atoms in total. The molecule has 0 aromatic rings. The fourth-order valence-corrected chi connectivity index (χ4v) is 1.82. The zero-order valence-electron chi connectivity index (χ0n) is 11.9. The van der Waals surface area contributed by atoms with Crippen LogP contribution >= 0.6 is 0 Å². The van der Waals surface area contributed by atoms with Crippen molar-refractivity contribution in [3.8, 4) is 0 Å². The molecule has 1 amide bonds. The molecule has 0 aromatic heterocycles. The van der Waals surface area contributed by atoms with Gasteiger partial charge in [0.2, 0.25) is 0 Å². The van der Waals surface area contributed by atoms with Crippen LogP contribution in [0.5, 0.6) is 0 Å². The summed E-state index contributed by atoms with van der Waals surface area (Å²) in [6.45, 7) is 9.53. The van der Waals surface area contributed by atoms with E-state index in [1.807, 2.05) is 27.7 Å². The molecule has 1 heterocycles. The lowest BCUT2D eigenvalue weighted by Crippen LogP contribution is -2.44. The van der Waals surface area contributed by atoms with E-state index in [9.17, 15) is 4.79 Å². The van der Waals surface area contributed by atoms with E-state index in [1.54, 1.807) is 4.90 Å². The first-order valence-corrected chi connectivity index (χ1v) is 6.63. The first kappa shape index (κ1) is 15.2. The molecule has 1 saturated heterocycles. The molecule has 1 aliphatic rings. The average Bonchev–Trinajstić information content (AvgIpc) is 2.24. The van der Waals surface area contributed by atoms with Gasteiger partial charge < -0.3 is 20.1 Å². The summed E-state index contributed by atoms with van der Waals surface area (Å²) in [5.41, 5.74) is 5.21. The molecule has 2 N–H and O–H groups in total. The number of carbonyl (C=O) groups excluding carboxylic acids is 1. The molecule has 5 heteroatoms. The maximum Gasteiger partial charge on any atom is 0.410 e. The van der Waals surface area contributed by atoms with E-state index in [-0.39, 0.29) is 18.2 Å². The van der Waals surface area contributed by atoms with Gasteiger partial charge in [-0.15, -0.1) is 0 Å². The summed E-state index contributed by atoms with van der Waals surface area (Å²) in [4.78, 5) is 13.6. The van der Waals surface area contributed by atoms with Crippen molar-refractivity contribution in [3.05, 3.63) is 0 Å². The fraction of sp³-hybridized carbons (Fsp3) is 0.923. The van der Waals surface area contributed by atoms with E-state index < -0.39 is 5.60 Å². The van der Waals surface area contributed by atoms with Crippen molar-refractivity contribution in [2.75, 3.05) is 19.7 Å². The zero-order valence-corrected chi connectivity index (χ0v) is 11.9. The number of rotatable bonds is 3. The molecule has 0 radical (unpaired) electrons. The van der Waals surface area contributed by atoms with Crippen molar-refractivity contribution in [1.82, 2.24) is 4.90 Å². The van der Waals surface area contributed by atoms with Gasteiger partial charge in [0, 0.05) is 19.1 Å². The van der Waals surface area contributed by atoms with E-state index in [2.05, 4.69) is 0 Å². The first-order chi connectivity index (χ1) is 8.28. The van der Waals surface area contributed by atoms with Crippen molar-refractivity contribution in [3.63, 3.8) is 0 Å². The second-order valence-electron chi connectivity index (χ2n) is 5.98. The summed E-state index contributed by atoms with van der Waals surface area (Å²) >= 11 is 0. The molecule has 0 aliphatic carbocycles. The monoisotopic (exact) mass is 258 g/mol. The van der Waals surface area contributed by atoms with Gasteiger partial charge in [-0.3, -0.25) is 0 Å². The predicted molar refractivity (Wildman–Crippen MR) is 70.4 cm³/mol. The summed E-state index contributed by atoms with van der Waals surface area (Å²) in [6, 6.07) is 0.0638. The highest BCUT2D eigenvalue weighted by atomic mass is 16.6. The summed E-state index contributed by atoms with van der Waals surface area (Å²) in [5.74, 6) is 0. The van der Waals surface area contributed by atoms with Crippen LogP contribution in [0.4, 0.5) is 4.79 Å². The van der Waals surface area contributed by atoms with Gasteiger partial charge in [-0.2, -0.15) is 0 Å². The minimum Gasteiger partial charge on any atom is -0.444 e. The fourth-order valence-electron chi connectivity index (χ4n) is 1.82. The highest BCUT2D eigenvalue weighted by molar-refractivity contribution is 5.68. The number of nitrogens with zero attached hydrogens (tertiary/aromatic N) is 1. The van der Waals surface area contributed by atoms with E-state index in [0.29, 0.717) is 19.7 Å². The molecule has 1 unspecified atom stereocenters. The minimum absolute atomic E-state index is 0.0638. The molecule has 0 aromatic carbocycles. The Kier molecular flexibility index (Phi) is 5.41. The van der Waals surface area contributed by atoms with E-state index in [1.165, 1.54) is 0 Å². The second kappa shape index (κ2) is 6.38. The molecule has 0 spiro atoms. The Morgan fingerprint density at radius 3 is 2.39 bits per heavy atom. The van der Waals surface area contributed by atoms with Gasteiger partial charge in [0.15, 0.2) is 0 Å². The Labute approximate surface area is 110 Å². The number of nitrogens with two attached hydrogens (primary N) is 1. The summed E-state index contributed by atoms with van der Waals surface area (Å²) in [5, 5.41) is 0. The minimum atomic E-state index is -0.431. The Morgan fingerprint density at radius 2 is 1.94 bits per heavy atom. The quantitative estimate of drug-likeness (QED) is 0.837. The van der Waals surface area contributed by atoms with Crippen LogP contribution in [0, 0.1) is 0 Å². The lowest BCUT2D eigenvalue weighted by molar-refractivity contribution is -0.0136. The number of hydrogen-bond acceptors (Lipinski definition) is 4. The van der Waals surface area contributed by atoms with Crippen LogP contribution in [0.3, 0.4) is 0 Å². The van der Waals surface area contributed by atoms with Crippen LogP contribution < -0.4 is 5.73 Å². The summed E-state index contributed by atoms with van der Waals surface area (Å²) in [7, 11) is 0. The predicted octanol–water partition coefficient (Wildman–Crippen LogP) is 1.75. The van der Waals surface area contributed by atoms with Gasteiger partial charge >= 0.3 is 6.09 Å². The Balaban J connectivity index is 2.28. The third kappa shape index (κ3) is 5.69. The third-order valence-electron chi connectivity index (χ3n) is 2.69. The molecule has 0 saturated carbocycles. The normalized spacial score (nSPS) is 19.7. The number of hydrogen-bond donors (Lipinski definition) is 1. The molecule has 1 rings (SSSR count). The lowest BCUT2D eigenvalue weighted by Gasteiger charge is -2.33. The SMILES string of the molecule is CC(N)COC1CCN(C(=O)OC(C)(C)C)CC1. The van der Waals surface area contributed by atoms with Crippen LogP contribution in [0.25, 0.3) is 0 Å². The molecule has 1 fully saturated rings. The topological polar surface area (TPSA) is 64.8 Å².